The highest BCUT2D eigenvalue weighted by molar-refractivity contribution is 5.96. The molecule has 9 nitrogen and oxygen atoms in total. The van der Waals surface area contributed by atoms with Crippen molar-refractivity contribution in [1.82, 2.24) is 29.8 Å². The van der Waals surface area contributed by atoms with Gasteiger partial charge in [-0.25, -0.2) is 14.8 Å². The van der Waals surface area contributed by atoms with Gasteiger partial charge in [-0.05, 0) is 31.2 Å². The molecule has 4 rings (SSSR count). The van der Waals surface area contributed by atoms with Crippen LogP contribution in [0.3, 0.4) is 0 Å². The number of carbonyl (C=O) groups excluding carboxylic acids is 1. The van der Waals surface area contributed by atoms with Gasteiger partial charge in [0.05, 0.1) is 11.2 Å². The Hall–Kier alpha value is -4.19. The maximum absolute atomic E-state index is 11.8. The normalized spacial score (nSPS) is 10.6. The van der Waals surface area contributed by atoms with Crippen molar-refractivity contribution in [2.45, 2.75) is 6.92 Å². The number of H-pyrrole nitrogens is 1. The van der Waals surface area contributed by atoms with Crippen LogP contribution in [0.4, 0.5) is 10.7 Å². The third kappa shape index (κ3) is 3.26. The lowest BCUT2D eigenvalue weighted by molar-refractivity contribution is 0.252. The summed E-state index contributed by atoms with van der Waals surface area (Å²) in [5.74, 6) is 0.332. The van der Waals surface area contributed by atoms with Gasteiger partial charge in [-0.1, -0.05) is 6.07 Å². The number of nitriles is 1. The number of urea groups is 1. The first-order valence-electron chi connectivity index (χ1n) is 8.62. The number of imidazole rings is 2. The molecule has 0 saturated carbocycles. The summed E-state index contributed by atoms with van der Waals surface area (Å²) in [6.07, 6.45) is 4.93. The molecule has 0 spiro atoms. The summed E-state index contributed by atoms with van der Waals surface area (Å²) in [5, 5.41) is 14.4. The maximum Gasteiger partial charge on any atom is 0.321 e. The van der Waals surface area contributed by atoms with Crippen LogP contribution in [0.1, 0.15) is 12.6 Å². The number of aromatic amines is 1. The van der Waals surface area contributed by atoms with Crippen LogP contribution in [0.25, 0.3) is 28.0 Å². The minimum absolute atomic E-state index is 0.322. The van der Waals surface area contributed by atoms with Gasteiger partial charge in [-0.3, -0.25) is 10.3 Å². The summed E-state index contributed by atoms with van der Waals surface area (Å²) < 4.78 is 1.75. The number of fused-ring (bicyclic) bond motifs is 1. The highest BCUT2D eigenvalue weighted by atomic mass is 16.2. The molecule has 3 N–H and O–H groups in total. The van der Waals surface area contributed by atoms with E-state index >= 15 is 0 Å². The number of benzene rings is 1. The average Bonchev–Trinajstić information content (AvgIpc) is 3.34. The number of amides is 2. The molecule has 0 atom stereocenters. The summed E-state index contributed by atoms with van der Waals surface area (Å²) in [6.45, 7) is 2.35. The summed E-state index contributed by atoms with van der Waals surface area (Å²) in [7, 11) is 0. The smallest absolute Gasteiger partial charge is 0.321 e. The molecular formula is C19H16N8O. The number of nitrogens with one attached hydrogen (secondary N) is 3. The Balaban J connectivity index is 1.86. The zero-order chi connectivity index (χ0) is 19.5. The minimum atomic E-state index is -0.338. The van der Waals surface area contributed by atoms with Crippen molar-refractivity contribution in [3.8, 4) is 23.0 Å². The van der Waals surface area contributed by atoms with Crippen LogP contribution in [0.5, 0.6) is 0 Å². The molecule has 9 heteroatoms. The standard InChI is InChI=1S/C19H16N8O/c1-2-21-19(28)26-18-24-16-8-13(27-10-12(9-20)23-11-27)7-14(17(16)25-18)15-5-3-4-6-22-15/h3-8,10-11H,2H2,1H3,(H3,21,24,25,26,28). The lowest BCUT2D eigenvalue weighted by Gasteiger charge is -2.07. The fourth-order valence-corrected chi connectivity index (χ4v) is 2.86. The van der Waals surface area contributed by atoms with Crippen LogP contribution in [0.2, 0.25) is 0 Å². The lowest BCUT2D eigenvalue weighted by atomic mass is 10.1. The van der Waals surface area contributed by atoms with Crippen molar-refractivity contribution in [2.24, 2.45) is 0 Å². The molecule has 0 aliphatic heterocycles. The van der Waals surface area contributed by atoms with E-state index < -0.39 is 0 Å². The molecule has 0 aliphatic rings. The second kappa shape index (κ2) is 7.20. The van der Waals surface area contributed by atoms with Crippen molar-refractivity contribution in [3.63, 3.8) is 0 Å². The Bertz CT molecular complexity index is 1190. The van der Waals surface area contributed by atoms with Gasteiger partial charge in [0.2, 0.25) is 5.95 Å². The summed E-state index contributed by atoms with van der Waals surface area (Å²) >= 11 is 0. The molecule has 0 fully saturated rings. The monoisotopic (exact) mass is 372 g/mol. The molecule has 1 aromatic carbocycles. The third-order valence-electron chi connectivity index (χ3n) is 4.08. The minimum Gasteiger partial charge on any atom is -0.338 e. The molecule has 0 bridgehead atoms. The largest absolute Gasteiger partial charge is 0.338 e. The Kier molecular flexibility index (Phi) is 4.43. The Morgan fingerprint density at radius 3 is 2.93 bits per heavy atom. The first-order chi connectivity index (χ1) is 13.7. The molecule has 138 valence electrons. The SMILES string of the molecule is CCNC(=O)Nc1nc2c(-c3ccccn3)cc(-n3cnc(C#N)c3)cc2[nH]1. The summed E-state index contributed by atoms with van der Waals surface area (Å²) in [4.78, 5) is 27.9. The molecular weight excluding hydrogens is 356 g/mol. The molecule has 3 aromatic heterocycles. The number of aromatic nitrogens is 5. The van der Waals surface area contributed by atoms with Crippen LogP contribution in [-0.2, 0) is 0 Å². The van der Waals surface area contributed by atoms with Crippen molar-refractivity contribution in [2.75, 3.05) is 11.9 Å². The van der Waals surface area contributed by atoms with Crippen LogP contribution < -0.4 is 10.6 Å². The number of rotatable bonds is 4. The van der Waals surface area contributed by atoms with Crippen molar-refractivity contribution >= 4 is 23.0 Å². The van der Waals surface area contributed by atoms with E-state index in [-0.39, 0.29) is 6.03 Å². The van der Waals surface area contributed by atoms with E-state index in [0.717, 1.165) is 22.5 Å². The van der Waals surface area contributed by atoms with Gasteiger partial charge in [0.25, 0.3) is 0 Å². The van der Waals surface area contributed by atoms with E-state index in [1.165, 1.54) is 0 Å². The first-order valence-corrected chi connectivity index (χ1v) is 8.62. The Labute approximate surface area is 160 Å². The lowest BCUT2D eigenvalue weighted by Crippen LogP contribution is -2.28. The quantitative estimate of drug-likeness (QED) is 0.508. The number of pyridine rings is 1. The van der Waals surface area contributed by atoms with E-state index in [1.807, 2.05) is 43.3 Å². The van der Waals surface area contributed by atoms with Gasteiger partial charge < -0.3 is 14.9 Å². The molecule has 0 aliphatic carbocycles. The van der Waals surface area contributed by atoms with Crippen molar-refractivity contribution < 1.29 is 4.79 Å². The predicted molar refractivity (Wildman–Crippen MR) is 104 cm³/mol. The van der Waals surface area contributed by atoms with Gasteiger partial charge in [0, 0.05) is 30.2 Å². The van der Waals surface area contributed by atoms with E-state index in [4.69, 9.17) is 5.26 Å². The van der Waals surface area contributed by atoms with Crippen molar-refractivity contribution in [1.29, 1.82) is 5.26 Å². The van der Waals surface area contributed by atoms with Crippen LogP contribution >= 0.6 is 0 Å². The number of carbonyl (C=O) groups is 1. The highest BCUT2D eigenvalue weighted by Gasteiger charge is 2.14. The van der Waals surface area contributed by atoms with Crippen molar-refractivity contribution in [3.05, 3.63) is 54.7 Å². The molecule has 0 unspecified atom stereocenters. The fraction of sp³-hybridized carbons (Fsp3) is 0.105. The number of hydrogen-bond donors (Lipinski definition) is 3. The Morgan fingerprint density at radius 2 is 2.21 bits per heavy atom. The second-order valence-electron chi connectivity index (χ2n) is 5.95. The van der Waals surface area contributed by atoms with Gasteiger partial charge in [0.15, 0.2) is 5.69 Å². The van der Waals surface area contributed by atoms with Crippen LogP contribution in [-0.4, -0.2) is 37.1 Å². The van der Waals surface area contributed by atoms with Gasteiger partial charge in [-0.2, -0.15) is 5.26 Å². The third-order valence-corrected chi connectivity index (χ3v) is 4.08. The number of hydrogen-bond acceptors (Lipinski definition) is 5. The van der Waals surface area contributed by atoms with Gasteiger partial charge in [-0.15, -0.1) is 0 Å². The average molecular weight is 372 g/mol. The zero-order valence-corrected chi connectivity index (χ0v) is 15.0. The fourth-order valence-electron chi connectivity index (χ4n) is 2.86. The van der Waals surface area contributed by atoms with Gasteiger partial charge in [0.1, 0.15) is 17.9 Å². The number of nitrogens with zero attached hydrogens (tertiary/aromatic N) is 5. The van der Waals surface area contributed by atoms with Crippen LogP contribution in [0, 0.1) is 11.3 Å². The summed E-state index contributed by atoms with van der Waals surface area (Å²) in [6, 6.07) is 11.1. The first kappa shape index (κ1) is 17.2. The zero-order valence-electron chi connectivity index (χ0n) is 15.0. The van der Waals surface area contributed by atoms with E-state index in [9.17, 15) is 4.79 Å². The Morgan fingerprint density at radius 1 is 1.32 bits per heavy atom. The molecule has 0 saturated heterocycles. The van der Waals surface area contributed by atoms with E-state index in [2.05, 4.69) is 30.6 Å². The molecule has 28 heavy (non-hydrogen) atoms. The topological polar surface area (TPSA) is 124 Å². The van der Waals surface area contributed by atoms with E-state index in [0.29, 0.717) is 23.7 Å². The molecule has 3 heterocycles. The molecule has 4 aromatic rings. The highest BCUT2D eigenvalue weighted by Crippen LogP contribution is 2.30. The predicted octanol–water partition coefficient (Wildman–Crippen LogP) is 2.82. The second-order valence-corrected chi connectivity index (χ2v) is 5.95. The summed E-state index contributed by atoms with van der Waals surface area (Å²) in [5.41, 5.74) is 4.04. The van der Waals surface area contributed by atoms with Gasteiger partial charge >= 0.3 is 6.03 Å². The van der Waals surface area contributed by atoms with E-state index in [1.54, 1.807) is 23.3 Å². The number of anilines is 1. The molecule has 0 radical (unpaired) electrons. The van der Waals surface area contributed by atoms with Crippen LogP contribution in [0.15, 0.2) is 49.1 Å². The maximum atomic E-state index is 11.8. The molecule has 2 amide bonds.